The largest absolute Gasteiger partial charge is 0.399 e. The second-order valence-electron chi connectivity index (χ2n) is 6.19. The smallest absolute Gasteiger partial charge is 0.253 e. The Kier molecular flexibility index (Phi) is 4.60. The Hall–Kier alpha value is -2.36. The van der Waals surface area contributed by atoms with E-state index in [1.807, 2.05) is 11.0 Å². The molecule has 0 bridgehead atoms. The molecule has 1 amide bonds. The van der Waals surface area contributed by atoms with Crippen molar-refractivity contribution in [3.05, 3.63) is 65.5 Å². The highest BCUT2D eigenvalue weighted by Crippen LogP contribution is 2.23. The number of nitrogens with zero attached hydrogens (tertiary/aromatic N) is 1. The van der Waals surface area contributed by atoms with Crippen LogP contribution in [0.5, 0.6) is 0 Å². The number of hydrogen-bond acceptors (Lipinski definition) is 2. The van der Waals surface area contributed by atoms with Gasteiger partial charge in [-0.25, -0.2) is 4.39 Å². The van der Waals surface area contributed by atoms with Gasteiger partial charge in [-0.05, 0) is 67.1 Å². The number of nitrogen functional groups attached to an aromatic ring is 1. The molecule has 3 nitrogen and oxygen atoms in total. The first-order valence-electron chi connectivity index (χ1n) is 8.01. The average Bonchev–Trinajstić information content (AvgIpc) is 2.56. The lowest BCUT2D eigenvalue weighted by Crippen LogP contribution is -2.38. The van der Waals surface area contributed by atoms with Crippen LogP contribution in [0, 0.1) is 11.7 Å². The summed E-state index contributed by atoms with van der Waals surface area (Å²) in [5.41, 5.74) is 8.04. The molecule has 0 saturated carbocycles. The van der Waals surface area contributed by atoms with Gasteiger partial charge in [0.2, 0.25) is 0 Å². The molecule has 4 heteroatoms. The van der Waals surface area contributed by atoms with Gasteiger partial charge in [-0.3, -0.25) is 4.79 Å². The molecule has 0 aliphatic carbocycles. The number of anilines is 1. The Morgan fingerprint density at radius 1 is 1.13 bits per heavy atom. The molecular weight excluding hydrogens is 291 g/mol. The van der Waals surface area contributed by atoms with E-state index < -0.39 is 0 Å². The molecule has 0 radical (unpaired) electrons. The maximum absolute atomic E-state index is 13.2. The van der Waals surface area contributed by atoms with Gasteiger partial charge in [0.1, 0.15) is 5.82 Å². The Balaban J connectivity index is 1.55. The lowest BCUT2D eigenvalue weighted by Gasteiger charge is -2.32. The number of piperidine rings is 1. The fourth-order valence-corrected chi connectivity index (χ4v) is 3.15. The normalized spacial score (nSPS) is 15.6. The van der Waals surface area contributed by atoms with Crippen LogP contribution in [0.4, 0.5) is 10.1 Å². The van der Waals surface area contributed by atoms with Crippen molar-refractivity contribution < 1.29 is 9.18 Å². The molecule has 2 aromatic carbocycles. The summed E-state index contributed by atoms with van der Waals surface area (Å²) in [6, 6.07) is 13.9. The van der Waals surface area contributed by atoms with Crippen LogP contribution in [-0.4, -0.2) is 23.9 Å². The van der Waals surface area contributed by atoms with Crippen molar-refractivity contribution in [2.75, 3.05) is 18.8 Å². The summed E-state index contributed by atoms with van der Waals surface area (Å²) in [5.74, 6) is 0.389. The highest BCUT2D eigenvalue weighted by molar-refractivity contribution is 5.94. The molecule has 2 aromatic rings. The van der Waals surface area contributed by atoms with Gasteiger partial charge in [-0.2, -0.15) is 0 Å². The highest BCUT2D eigenvalue weighted by Gasteiger charge is 2.23. The maximum atomic E-state index is 13.2. The highest BCUT2D eigenvalue weighted by atomic mass is 19.1. The van der Waals surface area contributed by atoms with Crippen LogP contribution in [0.25, 0.3) is 0 Å². The van der Waals surface area contributed by atoms with Gasteiger partial charge < -0.3 is 10.6 Å². The van der Waals surface area contributed by atoms with E-state index >= 15 is 0 Å². The fourth-order valence-electron chi connectivity index (χ4n) is 3.15. The van der Waals surface area contributed by atoms with Crippen LogP contribution in [0.3, 0.4) is 0 Å². The van der Waals surface area contributed by atoms with E-state index in [2.05, 4.69) is 0 Å². The van der Waals surface area contributed by atoms with E-state index in [0.717, 1.165) is 37.9 Å². The standard InChI is InChI=1S/C19H21FN2O/c20-17-3-1-2-15(13-17)12-14-8-10-22(11-9-14)19(23)16-4-6-18(21)7-5-16/h1-7,13-14H,8-12,21H2. The maximum Gasteiger partial charge on any atom is 0.253 e. The van der Waals surface area contributed by atoms with Crippen molar-refractivity contribution in [3.63, 3.8) is 0 Å². The number of rotatable bonds is 3. The first kappa shape index (κ1) is 15.5. The zero-order valence-electron chi connectivity index (χ0n) is 13.0. The Bertz CT molecular complexity index is 676. The van der Waals surface area contributed by atoms with E-state index in [1.54, 1.807) is 36.4 Å². The number of halogens is 1. The van der Waals surface area contributed by atoms with Gasteiger partial charge in [0.05, 0.1) is 0 Å². The molecular formula is C19H21FN2O. The average molecular weight is 312 g/mol. The summed E-state index contributed by atoms with van der Waals surface area (Å²) >= 11 is 0. The number of amides is 1. The van der Waals surface area contributed by atoms with Crippen molar-refractivity contribution in [1.82, 2.24) is 4.90 Å². The molecule has 0 atom stereocenters. The molecule has 1 fully saturated rings. The molecule has 0 spiro atoms. The predicted molar refractivity (Wildman–Crippen MR) is 89.6 cm³/mol. The van der Waals surface area contributed by atoms with Gasteiger partial charge in [0.15, 0.2) is 0 Å². The van der Waals surface area contributed by atoms with Crippen LogP contribution in [-0.2, 0) is 6.42 Å². The van der Waals surface area contributed by atoms with Crippen molar-refractivity contribution in [3.8, 4) is 0 Å². The van der Waals surface area contributed by atoms with Crippen LogP contribution in [0.1, 0.15) is 28.8 Å². The minimum Gasteiger partial charge on any atom is -0.399 e. The van der Waals surface area contributed by atoms with E-state index in [1.165, 1.54) is 6.07 Å². The van der Waals surface area contributed by atoms with Gasteiger partial charge >= 0.3 is 0 Å². The quantitative estimate of drug-likeness (QED) is 0.882. The Morgan fingerprint density at radius 3 is 2.48 bits per heavy atom. The SMILES string of the molecule is Nc1ccc(C(=O)N2CCC(Cc3cccc(F)c3)CC2)cc1. The molecule has 120 valence electrons. The van der Waals surface area contributed by atoms with E-state index in [0.29, 0.717) is 17.2 Å². The minimum atomic E-state index is -0.182. The summed E-state index contributed by atoms with van der Waals surface area (Å²) in [7, 11) is 0. The topological polar surface area (TPSA) is 46.3 Å². The molecule has 3 rings (SSSR count). The number of carbonyl (C=O) groups is 1. The number of carbonyl (C=O) groups excluding carboxylic acids is 1. The van der Waals surface area contributed by atoms with Crippen LogP contribution < -0.4 is 5.73 Å². The molecule has 1 aliphatic rings. The second-order valence-corrected chi connectivity index (χ2v) is 6.19. The lowest BCUT2D eigenvalue weighted by atomic mass is 9.90. The summed E-state index contributed by atoms with van der Waals surface area (Å²) < 4.78 is 13.2. The monoisotopic (exact) mass is 312 g/mol. The molecule has 0 aromatic heterocycles. The number of likely N-dealkylation sites (tertiary alicyclic amines) is 1. The van der Waals surface area contributed by atoms with Crippen molar-refractivity contribution >= 4 is 11.6 Å². The number of hydrogen-bond donors (Lipinski definition) is 1. The number of nitrogens with two attached hydrogens (primary N) is 1. The van der Waals surface area contributed by atoms with Crippen molar-refractivity contribution in [2.24, 2.45) is 5.92 Å². The first-order valence-corrected chi connectivity index (χ1v) is 8.01. The summed E-state index contributed by atoms with van der Waals surface area (Å²) in [4.78, 5) is 14.4. The zero-order chi connectivity index (χ0) is 16.2. The van der Waals surface area contributed by atoms with Crippen molar-refractivity contribution in [2.45, 2.75) is 19.3 Å². The molecule has 2 N–H and O–H groups in total. The van der Waals surface area contributed by atoms with Gasteiger partial charge in [-0.15, -0.1) is 0 Å². The van der Waals surface area contributed by atoms with E-state index in [9.17, 15) is 9.18 Å². The first-order chi connectivity index (χ1) is 11.1. The molecule has 23 heavy (non-hydrogen) atoms. The van der Waals surface area contributed by atoms with Crippen molar-refractivity contribution in [1.29, 1.82) is 0 Å². The summed E-state index contributed by atoms with van der Waals surface area (Å²) in [5, 5.41) is 0. The van der Waals surface area contributed by atoms with Crippen LogP contribution >= 0.6 is 0 Å². The number of benzene rings is 2. The van der Waals surface area contributed by atoms with Crippen LogP contribution in [0.15, 0.2) is 48.5 Å². The van der Waals surface area contributed by atoms with Gasteiger partial charge in [-0.1, -0.05) is 12.1 Å². The second kappa shape index (κ2) is 6.82. The third-order valence-corrected chi connectivity index (χ3v) is 4.47. The molecule has 1 heterocycles. The van der Waals surface area contributed by atoms with Crippen LogP contribution in [0.2, 0.25) is 0 Å². The molecule has 1 saturated heterocycles. The molecule has 1 aliphatic heterocycles. The predicted octanol–water partition coefficient (Wildman–Crippen LogP) is 3.50. The third kappa shape index (κ3) is 3.89. The minimum absolute atomic E-state index is 0.0641. The van der Waals surface area contributed by atoms with E-state index in [4.69, 9.17) is 5.73 Å². The van der Waals surface area contributed by atoms with Gasteiger partial charge in [0, 0.05) is 24.3 Å². The Labute approximate surface area is 135 Å². The fraction of sp³-hybridized carbons (Fsp3) is 0.316. The molecule has 0 unspecified atom stereocenters. The zero-order valence-corrected chi connectivity index (χ0v) is 13.0. The Morgan fingerprint density at radius 2 is 1.83 bits per heavy atom. The third-order valence-electron chi connectivity index (χ3n) is 4.47. The summed E-state index contributed by atoms with van der Waals surface area (Å²) in [6.07, 6.45) is 2.79. The van der Waals surface area contributed by atoms with Gasteiger partial charge in [0.25, 0.3) is 5.91 Å². The van der Waals surface area contributed by atoms with E-state index in [-0.39, 0.29) is 11.7 Å². The lowest BCUT2D eigenvalue weighted by molar-refractivity contribution is 0.0690. The summed E-state index contributed by atoms with van der Waals surface area (Å²) in [6.45, 7) is 1.51.